The maximum absolute atomic E-state index is 12.8. The summed E-state index contributed by atoms with van der Waals surface area (Å²) < 4.78 is 5.53. The van der Waals surface area contributed by atoms with Gasteiger partial charge in [0.05, 0.1) is 11.0 Å². The summed E-state index contributed by atoms with van der Waals surface area (Å²) in [4.78, 5) is 26.1. The lowest BCUT2D eigenvalue weighted by Crippen LogP contribution is -2.40. The van der Waals surface area contributed by atoms with Crippen molar-refractivity contribution < 1.29 is 19.4 Å². The van der Waals surface area contributed by atoms with E-state index in [0.29, 0.717) is 30.9 Å². The molecule has 5 heteroatoms. The van der Waals surface area contributed by atoms with E-state index >= 15 is 0 Å². The Bertz CT molecular complexity index is 611. The number of aliphatic carboxylic acids is 1. The molecule has 1 atom stereocenters. The maximum atomic E-state index is 12.8. The van der Waals surface area contributed by atoms with Crippen LogP contribution in [0.5, 0.6) is 5.75 Å². The number of carbonyl (C=O) groups is 2. The fourth-order valence-corrected chi connectivity index (χ4v) is 2.99. The van der Waals surface area contributed by atoms with E-state index < -0.39 is 11.4 Å². The molecule has 0 saturated carbocycles. The fourth-order valence-electron chi connectivity index (χ4n) is 2.99. The molecule has 0 aliphatic carbocycles. The first-order chi connectivity index (χ1) is 10.9. The molecule has 1 heterocycles. The van der Waals surface area contributed by atoms with Crippen LogP contribution >= 0.6 is 0 Å². The summed E-state index contributed by atoms with van der Waals surface area (Å²) in [6.07, 6.45) is 2.09. The van der Waals surface area contributed by atoms with Crippen LogP contribution in [-0.4, -0.2) is 41.6 Å². The van der Waals surface area contributed by atoms with Gasteiger partial charge in [-0.1, -0.05) is 38.6 Å². The summed E-state index contributed by atoms with van der Waals surface area (Å²) in [6, 6.07) is 7.02. The SMILES string of the molecule is C=CCOc1ccccc1C(=O)N1CCC(C(=O)O)(C(C)C)C1. The molecule has 0 radical (unpaired) electrons. The number of carboxylic acid groups (broad SMARTS) is 1. The summed E-state index contributed by atoms with van der Waals surface area (Å²) in [5, 5.41) is 9.60. The van der Waals surface area contributed by atoms with E-state index in [1.54, 1.807) is 35.2 Å². The first-order valence-electron chi connectivity index (χ1n) is 7.78. The lowest BCUT2D eigenvalue weighted by Gasteiger charge is -2.28. The number of nitrogens with zero attached hydrogens (tertiary/aromatic N) is 1. The second-order valence-corrected chi connectivity index (χ2v) is 6.19. The van der Waals surface area contributed by atoms with Crippen molar-refractivity contribution in [2.45, 2.75) is 20.3 Å². The molecule has 23 heavy (non-hydrogen) atoms. The molecule has 1 aromatic carbocycles. The predicted molar refractivity (Wildman–Crippen MR) is 87.6 cm³/mol. The van der Waals surface area contributed by atoms with Crippen molar-refractivity contribution in [1.29, 1.82) is 0 Å². The minimum absolute atomic E-state index is 0.0370. The van der Waals surface area contributed by atoms with Crippen LogP contribution in [0.3, 0.4) is 0 Å². The molecular weight excluding hydrogens is 294 g/mol. The highest BCUT2D eigenvalue weighted by Gasteiger charge is 2.48. The molecule has 1 unspecified atom stereocenters. The van der Waals surface area contributed by atoms with Crippen LogP contribution in [0.1, 0.15) is 30.6 Å². The van der Waals surface area contributed by atoms with Gasteiger partial charge in [0.1, 0.15) is 12.4 Å². The number of amides is 1. The molecule has 1 amide bonds. The standard InChI is InChI=1S/C18H23NO4/c1-4-11-23-15-8-6-5-7-14(15)16(20)19-10-9-18(12-19,13(2)3)17(21)22/h4-8,13H,1,9-12H2,2-3H3,(H,21,22). The zero-order valence-corrected chi connectivity index (χ0v) is 13.6. The number of rotatable bonds is 6. The summed E-state index contributed by atoms with van der Waals surface area (Å²) >= 11 is 0. The number of hydrogen-bond acceptors (Lipinski definition) is 3. The zero-order chi connectivity index (χ0) is 17.0. The quantitative estimate of drug-likeness (QED) is 0.819. The Balaban J connectivity index is 2.23. The Morgan fingerprint density at radius 2 is 2.13 bits per heavy atom. The van der Waals surface area contributed by atoms with Crippen LogP contribution in [0.25, 0.3) is 0 Å². The molecule has 1 saturated heterocycles. The monoisotopic (exact) mass is 317 g/mol. The van der Waals surface area contributed by atoms with E-state index in [-0.39, 0.29) is 18.4 Å². The number of hydrogen-bond donors (Lipinski definition) is 1. The molecule has 1 aromatic rings. The van der Waals surface area contributed by atoms with E-state index in [4.69, 9.17) is 4.74 Å². The molecule has 0 spiro atoms. The highest BCUT2D eigenvalue weighted by molar-refractivity contribution is 5.97. The maximum Gasteiger partial charge on any atom is 0.311 e. The van der Waals surface area contributed by atoms with Crippen LogP contribution in [0.15, 0.2) is 36.9 Å². The molecule has 2 rings (SSSR count). The molecule has 1 N–H and O–H groups in total. The highest BCUT2D eigenvalue weighted by atomic mass is 16.5. The Hall–Kier alpha value is -2.30. The van der Waals surface area contributed by atoms with E-state index in [1.807, 2.05) is 13.8 Å². The first-order valence-corrected chi connectivity index (χ1v) is 7.78. The molecule has 0 aromatic heterocycles. The van der Waals surface area contributed by atoms with Gasteiger partial charge in [-0.2, -0.15) is 0 Å². The molecule has 1 fully saturated rings. The van der Waals surface area contributed by atoms with Gasteiger partial charge in [-0.05, 0) is 24.5 Å². The normalized spacial score (nSPS) is 20.6. The van der Waals surface area contributed by atoms with Crippen molar-refractivity contribution in [3.63, 3.8) is 0 Å². The smallest absolute Gasteiger partial charge is 0.311 e. The van der Waals surface area contributed by atoms with Gasteiger partial charge in [-0.15, -0.1) is 0 Å². The average molecular weight is 317 g/mol. The second-order valence-electron chi connectivity index (χ2n) is 6.19. The Kier molecular flexibility index (Phi) is 5.08. The first kappa shape index (κ1) is 17.1. The lowest BCUT2D eigenvalue weighted by molar-refractivity contribution is -0.150. The van der Waals surface area contributed by atoms with Gasteiger partial charge in [0.15, 0.2) is 0 Å². The minimum atomic E-state index is -0.868. The Morgan fingerprint density at radius 3 is 2.70 bits per heavy atom. The number of benzene rings is 1. The van der Waals surface area contributed by atoms with Crippen molar-refractivity contribution in [3.05, 3.63) is 42.5 Å². The Labute approximate surface area is 136 Å². The number of ether oxygens (including phenoxy) is 1. The molecule has 5 nitrogen and oxygen atoms in total. The van der Waals surface area contributed by atoms with Crippen molar-refractivity contribution >= 4 is 11.9 Å². The third-order valence-electron chi connectivity index (χ3n) is 4.59. The predicted octanol–water partition coefficient (Wildman–Crippen LogP) is 2.82. The van der Waals surface area contributed by atoms with Gasteiger partial charge in [-0.3, -0.25) is 9.59 Å². The van der Waals surface area contributed by atoms with Gasteiger partial charge in [-0.25, -0.2) is 0 Å². The van der Waals surface area contributed by atoms with E-state index in [0.717, 1.165) is 0 Å². The van der Waals surface area contributed by atoms with Gasteiger partial charge in [0, 0.05) is 13.1 Å². The number of carboxylic acids is 1. The van der Waals surface area contributed by atoms with Gasteiger partial charge < -0.3 is 14.7 Å². The zero-order valence-electron chi connectivity index (χ0n) is 13.6. The van der Waals surface area contributed by atoms with Crippen LogP contribution in [0.2, 0.25) is 0 Å². The van der Waals surface area contributed by atoms with Crippen LogP contribution < -0.4 is 4.74 Å². The summed E-state index contributed by atoms with van der Waals surface area (Å²) in [5.74, 6) is -0.563. The van der Waals surface area contributed by atoms with Crippen LogP contribution in [0.4, 0.5) is 0 Å². The average Bonchev–Trinajstić information content (AvgIpc) is 2.99. The highest BCUT2D eigenvalue weighted by Crippen LogP contribution is 2.39. The molecule has 1 aliphatic heterocycles. The topological polar surface area (TPSA) is 66.8 Å². The van der Waals surface area contributed by atoms with Crippen molar-refractivity contribution in [3.8, 4) is 5.75 Å². The third kappa shape index (κ3) is 3.23. The Morgan fingerprint density at radius 1 is 1.43 bits per heavy atom. The van der Waals surface area contributed by atoms with E-state index in [9.17, 15) is 14.7 Å². The molecule has 1 aliphatic rings. The van der Waals surface area contributed by atoms with E-state index in [2.05, 4.69) is 6.58 Å². The lowest BCUT2D eigenvalue weighted by atomic mass is 9.76. The largest absolute Gasteiger partial charge is 0.489 e. The summed E-state index contributed by atoms with van der Waals surface area (Å²) in [6.45, 7) is 8.37. The summed E-state index contributed by atoms with van der Waals surface area (Å²) in [5.41, 5.74) is -0.411. The molecular formula is C18H23NO4. The number of para-hydroxylation sites is 1. The number of carbonyl (C=O) groups excluding carboxylic acids is 1. The van der Waals surface area contributed by atoms with E-state index in [1.165, 1.54) is 0 Å². The van der Waals surface area contributed by atoms with Gasteiger partial charge in [0.2, 0.25) is 0 Å². The third-order valence-corrected chi connectivity index (χ3v) is 4.59. The van der Waals surface area contributed by atoms with Crippen molar-refractivity contribution in [1.82, 2.24) is 4.90 Å². The number of likely N-dealkylation sites (tertiary alicyclic amines) is 1. The molecule has 124 valence electrons. The molecule has 0 bridgehead atoms. The van der Waals surface area contributed by atoms with Crippen molar-refractivity contribution in [2.24, 2.45) is 11.3 Å². The minimum Gasteiger partial charge on any atom is -0.489 e. The van der Waals surface area contributed by atoms with Crippen LogP contribution in [-0.2, 0) is 4.79 Å². The van der Waals surface area contributed by atoms with Crippen molar-refractivity contribution in [2.75, 3.05) is 19.7 Å². The van der Waals surface area contributed by atoms with Crippen LogP contribution in [0, 0.1) is 11.3 Å². The van der Waals surface area contributed by atoms with Gasteiger partial charge in [0.25, 0.3) is 5.91 Å². The summed E-state index contributed by atoms with van der Waals surface area (Å²) in [7, 11) is 0. The second kappa shape index (κ2) is 6.86. The van der Waals surface area contributed by atoms with Gasteiger partial charge >= 0.3 is 5.97 Å². The fraction of sp³-hybridized carbons (Fsp3) is 0.444.